The van der Waals surface area contributed by atoms with Crippen LogP contribution < -0.4 is 15.2 Å². The van der Waals surface area contributed by atoms with Crippen LogP contribution in [0.25, 0.3) is 10.8 Å². The molecule has 0 saturated heterocycles. The van der Waals surface area contributed by atoms with Crippen LogP contribution in [0.5, 0.6) is 5.75 Å². The molecule has 0 fully saturated rings. The highest BCUT2D eigenvalue weighted by molar-refractivity contribution is 7.46. The van der Waals surface area contributed by atoms with Crippen LogP contribution in [0.15, 0.2) is 66.7 Å². The quantitative estimate of drug-likeness (QED) is 0.311. The van der Waals surface area contributed by atoms with Crippen LogP contribution in [0, 0.1) is 5.92 Å². The number of hydrogen-bond donors (Lipinski definition) is 4. The zero-order valence-electron chi connectivity index (χ0n) is 20.0. The number of carbonyl (C=O) groups is 2. The van der Waals surface area contributed by atoms with Gasteiger partial charge in [0.1, 0.15) is 11.8 Å². The number of carbonyl (C=O) groups excluding carboxylic acids is 2. The second-order valence-corrected chi connectivity index (χ2v) is 10.2. The van der Waals surface area contributed by atoms with Crippen molar-refractivity contribution in [1.82, 2.24) is 10.6 Å². The zero-order valence-corrected chi connectivity index (χ0v) is 20.9. The number of hydrogen-bond acceptors (Lipinski definition) is 4. The Bertz CT molecular complexity index is 1220. The van der Waals surface area contributed by atoms with Gasteiger partial charge >= 0.3 is 7.82 Å². The van der Waals surface area contributed by atoms with E-state index in [1.807, 2.05) is 37.3 Å². The molecule has 0 radical (unpaired) electrons. The van der Waals surface area contributed by atoms with Gasteiger partial charge in [-0.15, -0.1) is 0 Å². The first kappa shape index (κ1) is 26.4. The average molecular weight is 499 g/mol. The maximum absolute atomic E-state index is 13.1. The number of rotatable bonds is 10. The minimum Gasteiger partial charge on any atom is -0.404 e. The van der Waals surface area contributed by atoms with Gasteiger partial charge in [0.05, 0.1) is 0 Å². The van der Waals surface area contributed by atoms with Gasteiger partial charge in [0.15, 0.2) is 0 Å². The van der Waals surface area contributed by atoms with Gasteiger partial charge in [-0.2, -0.15) is 0 Å². The fraction of sp³-hybridized carbons (Fsp3) is 0.308. The number of nitrogens with one attached hydrogen (secondary N) is 2. The van der Waals surface area contributed by atoms with E-state index in [2.05, 4.69) is 29.0 Å². The molecule has 186 valence electrons. The normalized spacial score (nSPS) is 13.3. The van der Waals surface area contributed by atoms with Crippen LogP contribution in [0.3, 0.4) is 0 Å². The second-order valence-electron chi connectivity index (χ2n) is 9.06. The molecule has 3 aromatic rings. The molecule has 0 aliphatic heterocycles. The predicted octanol–water partition coefficient (Wildman–Crippen LogP) is 4.20. The summed E-state index contributed by atoms with van der Waals surface area (Å²) in [5.41, 5.74) is 1.14. The zero-order chi connectivity index (χ0) is 25.6. The third kappa shape index (κ3) is 8.21. The van der Waals surface area contributed by atoms with Crippen molar-refractivity contribution in [2.75, 3.05) is 0 Å². The van der Waals surface area contributed by atoms with Crippen LogP contribution >= 0.6 is 7.82 Å². The lowest BCUT2D eigenvalue weighted by molar-refractivity contribution is -0.123. The first-order chi connectivity index (χ1) is 16.5. The molecule has 35 heavy (non-hydrogen) atoms. The van der Waals surface area contributed by atoms with E-state index < -0.39 is 13.9 Å². The van der Waals surface area contributed by atoms with Crippen LogP contribution in [0.1, 0.15) is 43.1 Å². The third-order valence-electron chi connectivity index (χ3n) is 5.43. The molecule has 0 heterocycles. The Hall–Kier alpha value is -3.19. The van der Waals surface area contributed by atoms with Gasteiger partial charge in [0, 0.05) is 18.0 Å². The van der Waals surface area contributed by atoms with Gasteiger partial charge in [-0.3, -0.25) is 19.4 Å². The molecular formula is C26H31N2O6P. The van der Waals surface area contributed by atoms with Crippen molar-refractivity contribution in [1.29, 1.82) is 0 Å². The highest BCUT2D eigenvalue weighted by Crippen LogP contribution is 2.37. The highest BCUT2D eigenvalue weighted by Gasteiger charge is 2.24. The summed E-state index contributed by atoms with van der Waals surface area (Å²) < 4.78 is 15.6. The van der Waals surface area contributed by atoms with Gasteiger partial charge < -0.3 is 15.2 Å². The molecule has 0 spiro atoms. The Balaban J connectivity index is 1.79. The summed E-state index contributed by atoms with van der Waals surface area (Å²) in [7, 11) is -4.67. The number of phosphoric acid groups is 1. The summed E-state index contributed by atoms with van der Waals surface area (Å²) in [4.78, 5) is 44.1. The van der Waals surface area contributed by atoms with Gasteiger partial charge in [0.25, 0.3) is 5.91 Å². The SMILES string of the molecule is CC(C)CC(C)NC(=O)C(Cc1ccc(OP(=O)(O)O)cc1)NC(=O)c1ccc2ccccc2c1. The molecule has 3 aromatic carbocycles. The largest absolute Gasteiger partial charge is 0.524 e. The van der Waals surface area contributed by atoms with Crippen molar-refractivity contribution in [2.24, 2.45) is 5.92 Å². The van der Waals surface area contributed by atoms with Crippen molar-refractivity contribution in [2.45, 2.75) is 45.7 Å². The molecule has 0 aliphatic carbocycles. The molecule has 8 nitrogen and oxygen atoms in total. The molecule has 0 aromatic heterocycles. The molecule has 3 rings (SSSR count). The first-order valence-corrected chi connectivity index (χ1v) is 13.0. The summed E-state index contributed by atoms with van der Waals surface area (Å²) in [5, 5.41) is 7.77. The van der Waals surface area contributed by atoms with E-state index in [1.54, 1.807) is 24.3 Å². The van der Waals surface area contributed by atoms with E-state index in [4.69, 9.17) is 9.79 Å². The van der Waals surface area contributed by atoms with Gasteiger partial charge in [0.2, 0.25) is 5.91 Å². The Morgan fingerprint density at radius 3 is 2.20 bits per heavy atom. The molecule has 2 amide bonds. The molecule has 4 N–H and O–H groups in total. The number of benzene rings is 3. The van der Waals surface area contributed by atoms with Gasteiger partial charge in [-0.05, 0) is 59.9 Å². The summed E-state index contributed by atoms with van der Waals surface area (Å²) in [6.07, 6.45) is 0.987. The topological polar surface area (TPSA) is 125 Å². The smallest absolute Gasteiger partial charge is 0.404 e. The standard InChI is InChI=1S/C26H31N2O6P/c1-17(2)14-18(3)27-26(30)24(15-19-8-12-23(13-9-19)34-35(31,32)33)28-25(29)22-11-10-20-6-4-5-7-21(20)16-22/h4-13,16-18,24H,14-15H2,1-3H3,(H,27,30)(H,28,29)(H2,31,32,33). The Kier molecular flexibility index (Phi) is 8.67. The van der Waals surface area contributed by atoms with E-state index >= 15 is 0 Å². The highest BCUT2D eigenvalue weighted by atomic mass is 31.2. The van der Waals surface area contributed by atoms with Crippen molar-refractivity contribution >= 4 is 30.4 Å². The molecule has 2 unspecified atom stereocenters. The maximum Gasteiger partial charge on any atom is 0.524 e. The minimum atomic E-state index is -4.67. The Morgan fingerprint density at radius 2 is 1.57 bits per heavy atom. The van der Waals surface area contributed by atoms with Crippen LogP contribution in [0.4, 0.5) is 0 Å². The number of amides is 2. The van der Waals surface area contributed by atoms with Crippen molar-refractivity contribution in [3.8, 4) is 5.75 Å². The summed E-state index contributed by atoms with van der Waals surface area (Å²) >= 11 is 0. The average Bonchev–Trinajstić information content (AvgIpc) is 2.77. The fourth-order valence-electron chi connectivity index (χ4n) is 3.95. The van der Waals surface area contributed by atoms with Gasteiger partial charge in [-0.25, -0.2) is 4.57 Å². The lowest BCUT2D eigenvalue weighted by Crippen LogP contribution is -2.50. The molecule has 0 saturated carbocycles. The van der Waals surface area contributed by atoms with E-state index in [9.17, 15) is 14.2 Å². The Morgan fingerprint density at radius 1 is 0.914 bits per heavy atom. The fourth-order valence-corrected chi connectivity index (χ4v) is 4.35. The van der Waals surface area contributed by atoms with Crippen LogP contribution in [0.2, 0.25) is 0 Å². The summed E-state index contributed by atoms with van der Waals surface area (Å²) in [6.45, 7) is 6.07. The maximum atomic E-state index is 13.1. The molecular weight excluding hydrogens is 467 g/mol. The van der Waals surface area contributed by atoms with Crippen molar-refractivity contribution < 1.29 is 28.5 Å². The van der Waals surface area contributed by atoms with Crippen molar-refractivity contribution in [3.63, 3.8) is 0 Å². The molecule has 9 heteroatoms. The van der Waals surface area contributed by atoms with Crippen LogP contribution in [-0.4, -0.2) is 33.7 Å². The lowest BCUT2D eigenvalue weighted by atomic mass is 10.0. The van der Waals surface area contributed by atoms with E-state index in [0.717, 1.165) is 17.2 Å². The third-order valence-corrected chi connectivity index (χ3v) is 5.88. The van der Waals surface area contributed by atoms with E-state index in [-0.39, 0.29) is 30.0 Å². The number of fused-ring (bicyclic) bond motifs is 1. The lowest BCUT2D eigenvalue weighted by Gasteiger charge is -2.23. The van der Waals surface area contributed by atoms with Gasteiger partial charge in [-0.1, -0.05) is 56.3 Å². The first-order valence-electron chi connectivity index (χ1n) is 11.4. The predicted molar refractivity (Wildman–Crippen MR) is 135 cm³/mol. The molecule has 0 aliphatic rings. The number of phosphoric ester groups is 1. The minimum absolute atomic E-state index is 0.00818. The monoisotopic (exact) mass is 498 g/mol. The van der Waals surface area contributed by atoms with E-state index in [0.29, 0.717) is 17.0 Å². The molecule has 0 bridgehead atoms. The van der Waals surface area contributed by atoms with Crippen LogP contribution in [-0.2, 0) is 15.8 Å². The summed E-state index contributed by atoms with van der Waals surface area (Å²) in [5.74, 6) is -0.261. The second kappa shape index (κ2) is 11.5. The molecule has 2 atom stereocenters. The van der Waals surface area contributed by atoms with E-state index in [1.165, 1.54) is 12.1 Å². The Labute approximate surface area is 204 Å². The van der Waals surface area contributed by atoms with Crippen molar-refractivity contribution in [3.05, 3.63) is 77.9 Å². The summed E-state index contributed by atoms with van der Waals surface area (Å²) in [6, 6.07) is 18.2.